The summed E-state index contributed by atoms with van der Waals surface area (Å²) in [4.78, 5) is 14.5. The van der Waals surface area contributed by atoms with Crippen molar-refractivity contribution in [1.82, 2.24) is 9.13 Å². The lowest BCUT2D eigenvalue weighted by molar-refractivity contribution is 0.00492. The van der Waals surface area contributed by atoms with Gasteiger partial charge in [-0.3, -0.25) is 0 Å². The number of rotatable bonds is 6. The number of fused-ring (bicyclic) bond motifs is 1. The first kappa shape index (κ1) is 25.8. The number of benzene rings is 1. The van der Waals surface area contributed by atoms with Crippen LogP contribution in [-0.4, -0.2) is 46.8 Å². The maximum Gasteiger partial charge on any atom is 0.410 e. The molecule has 0 spiro atoms. The van der Waals surface area contributed by atoms with Gasteiger partial charge in [0.05, 0.1) is 12.1 Å². The van der Waals surface area contributed by atoms with E-state index in [9.17, 15) is 9.90 Å². The highest BCUT2D eigenvalue weighted by molar-refractivity contribution is 6.82. The fraction of sp³-hybridized carbons (Fsp3) is 0.667. The summed E-state index contributed by atoms with van der Waals surface area (Å²) in [5, 5.41) is 12.6. The Bertz CT molecular complexity index is 952. The molecule has 1 saturated heterocycles. The summed E-state index contributed by atoms with van der Waals surface area (Å²) in [5.41, 5.74) is 3.28. The first-order chi connectivity index (χ1) is 15.3. The highest BCUT2D eigenvalue weighted by Crippen LogP contribution is 2.44. The van der Waals surface area contributed by atoms with E-state index in [1.165, 1.54) is 10.9 Å². The molecule has 184 valence electrons. The second-order valence-electron chi connectivity index (χ2n) is 11.7. The van der Waals surface area contributed by atoms with Crippen molar-refractivity contribution in [3.8, 4) is 0 Å². The fourth-order valence-corrected chi connectivity index (χ4v) is 13.0. The van der Waals surface area contributed by atoms with Gasteiger partial charge >= 0.3 is 6.09 Å². The van der Waals surface area contributed by atoms with E-state index < -0.39 is 19.9 Å². The van der Waals surface area contributed by atoms with Gasteiger partial charge in [-0.25, -0.2) is 4.79 Å². The maximum atomic E-state index is 12.8. The van der Waals surface area contributed by atoms with Gasteiger partial charge in [-0.1, -0.05) is 53.7 Å². The molecule has 5 nitrogen and oxygen atoms in total. The van der Waals surface area contributed by atoms with Crippen molar-refractivity contribution in [3.63, 3.8) is 0 Å². The van der Waals surface area contributed by atoms with Gasteiger partial charge in [0.2, 0.25) is 0 Å². The van der Waals surface area contributed by atoms with Crippen LogP contribution in [0.1, 0.15) is 86.8 Å². The zero-order chi connectivity index (χ0) is 24.7. The normalized spacial score (nSPS) is 18.7. The van der Waals surface area contributed by atoms with Gasteiger partial charge in [0.15, 0.2) is 8.24 Å². The summed E-state index contributed by atoms with van der Waals surface area (Å²) in [6.45, 7) is 20.5. The summed E-state index contributed by atoms with van der Waals surface area (Å²) in [5.74, 6) is 0. The van der Waals surface area contributed by atoms with Gasteiger partial charge in [-0.2, -0.15) is 0 Å². The lowest BCUT2D eigenvalue weighted by Gasteiger charge is -2.44. The van der Waals surface area contributed by atoms with E-state index in [0.717, 1.165) is 18.4 Å². The zero-order valence-electron chi connectivity index (χ0n) is 22.1. The van der Waals surface area contributed by atoms with Crippen LogP contribution in [0.5, 0.6) is 0 Å². The highest BCUT2D eigenvalue weighted by Gasteiger charge is 2.45. The predicted molar refractivity (Wildman–Crippen MR) is 139 cm³/mol. The standard InChI is InChI=1S/C27H44N2O3Si/c1-18(2)33(19(3)4,20(5)6)29-16-14-21-12-13-22(17-24(21)29)25(30)23-11-10-15-28(23)26(31)32-27(7,8)9/h12-14,16-20,23,25,30H,10-11,15H2,1-9H3/t23-,25?/m0/s1. The zero-order valence-corrected chi connectivity index (χ0v) is 23.1. The van der Waals surface area contributed by atoms with E-state index in [2.05, 4.69) is 70.2 Å². The van der Waals surface area contributed by atoms with E-state index >= 15 is 0 Å². The third kappa shape index (κ3) is 4.74. The van der Waals surface area contributed by atoms with E-state index in [4.69, 9.17) is 4.74 Å². The number of likely N-dealkylation sites (tertiary alicyclic amines) is 1. The smallest absolute Gasteiger partial charge is 0.410 e. The number of carbonyl (C=O) groups is 1. The molecule has 33 heavy (non-hydrogen) atoms. The predicted octanol–water partition coefficient (Wildman–Crippen LogP) is 7.10. The molecular weight excluding hydrogens is 428 g/mol. The minimum absolute atomic E-state index is 0.261. The van der Waals surface area contributed by atoms with Gasteiger partial charge in [0.25, 0.3) is 0 Å². The van der Waals surface area contributed by atoms with Crippen LogP contribution in [0.4, 0.5) is 4.79 Å². The lowest BCUT2D eigenvalue weighted by atomic mass is 9.99. The molecule has 1 aliphatic rings. The van der Waals surface area contributed by atoms with Crippen molar-refractivity contribution < 1.29 is 14.6 Å². The van der Waals surface area contributed by atoms with Crippen molar-refractivity contribution in [2.45, 2.75) is 110 Å². The minimum atomic E-state index is -1.91. The van der Waals surface area contributed by atoms with Crippen LogP contribution in [0.2, 0.25) is 16.6 Å². The summed E-state index contributed by atoms with van der Waals surface area (Å²) < 4.78 is 8.20. The van der Waals surface area contributed by atoms with Gasteiger partial charge in [0.1, 0.15) is 5.60 Å². The average molecular weight is 473 g/mol. The fourth-order valence-electron chi connectivity index (χ4n) is 6.39. The molecule has 6 heteroatoms. The number of aliphatic hydroxyl groups excluding tert-OH is 1. The molecule has 0 aliphatic carbocycles. The van der Waals surface area contributed by atoms with Crippen LogP contribution in [0, 0.1) is 0 Å². The number of ether oxygens (including phenoxy) is 1. The number of hydrogen-bond acceptors (Lipinski definition) is 3. The van der Waals surface area contributed by atoms with Crippen LogP contribution >= 0.6 is 0 Å². The number of aliphatic hydroxyl groups is 1. The third-order valence-electron chi connectivity index (χ3n) is 7.54. The van der Waals surface area contributed by atoms with Gasteiger partial charge in [0, 0.05) is 12.1 Å². The molecule has 1 amide bonds. The number of aromatic nitrogens is 1. The Labute approximate surface area is 201 Å². The molecule has 1 aliphatic heterocycles. The van der Waals surface area contributed by atoms with E-state index in [1.807, 2.05) is 26.8 Å². The summed E-state index contributed by atoms with van der Waals surface area (Å²) >= 11 is 0. The third-order valence-corrected chi connectivity index (χ3v) is 14.3. The summed E-state index contributed by atoms with van der Waals surface area (Å²) in [6, 6.07) is 8.26. The monoisotopic (exact) mass is 472 g/mol. The van der Waals surface area contributed by atoms with Crippen molar-refractivity contribution in [1.29, 1.82) is 0 Å². The Morgan fingerprint density at radius 2 is 1.67 bits per heavy atom. The molecule has 3 rings (SSSR count). The Balaban J connectivity index is 2.01. The molecule has 1 aromatic heterocycles. The van der Waals surface area contributed by atoms with Crippen molar-refractivity contribution >= 4 is 25.2 Å². The van der Waals surface area contributed by atoms with E-state index in [1.54, 1.807) is 4.90 Å². The molecule has 0 saturated carbocycles. The summed E-state index contributed by atoms with van der Waals surface area (Å²) in [6.07, 6.45) is 2.86. The van der Waals surface area contributed by atoms with Crippen molar-refractivity contribution in [2.75, 3.05) is 6.54 Å². The molecule has 1 aromatic carbocycles. The quantitative estimate of drug-likeness (QED) is 0.456. The van der Waals surface area contributed by atoms with Crippen LogP contribution in [-0.2, 0) is 4.74 Å². The van der Waals surface area contributed by atoms with Gasteiger partial charge in [-0.15, -0.1) is 0 Å². The molecule has 2 atom stereocenters. The Morgan fingerprint density at radius 3 is 2.21 bits per heavy atom. The SMILES string of the molecule is CC(C)[Si](C(C)C)(C(C)C)n1ccc2ccc(C(O)[C@@H]3CCCN3C(=O)OC(C)(C)C)cc21. The van der Waals surface area contributed by atoms with E-state index in [-0.39, 0.29) is 12.1 Å². The maximum absolute atomic E-state index is 12.8. The van der Waals surface area contributed by atoms with Crippen LogP contribution < -0.4 is 0 Å². The van der Waals surface area contributed by atoms with E-state index in [0.29, 0.717) is 23.2 Å². The molecule has 1 N–H and O–H groups in total. The first-order valence-corrected chi connectivity index (χ1v) is 14.8. The second kappa shape index (κ2) is 9.45. The molecular formula is C27H44N2O3Si. The molecule has 2 heterocycles. The van der Waals surface area contributed by atoms with Crippen LogP contribution in [0.25, 0.3) is 10.9 Å². The molecule has 0 radical (unpaired) electrons. The minimum Gasteiger partial charge on any atom is -0.444 e. The number of nitrogens with zero attached hydrogens (tertiary/aromatic N) is 2. The number of hydrogen-bond donors (Lipinski definition) is 1. The molecule has 1 unspecified atom stereocenters. The Hall–Kier alpha value is -1.79. The van der Waals surface area contributed by atoms with Crippen molar-refractivity contribution in [3.05, 3.63) is 36.0 Å². The topological polar surface area (TPSA) is 54.7 Å². The Kier molecular flexibility index (Phi) is 7.40. The van der Waals surface area contributed by atoms with Gasteiger partial charge < -0.3 is 19.0 Å². The number of amides is 1. The van der Waals surface area contributed by atoms with Gasteiger partial charge in [-0.05, 0) is 79.5 Å². The summed E-state index contributed by atoms with van der Waals surface area (Å²) in [7, 11) is -1.91. The van der Waals surface area contributed by atoms with Crippen molar-refractivity contribution in [2.24, 2.45) is 0 Å². The van der Waals surface area contributed by atoms with Crippen LogP contribution in [0.15, 0.2) is 30.5 Å². The average Bonchev–Trinajstić information content (AvgIpc) is 3.33. The Morgan fingerprint density at radius 1 is 1.06 bits per heavy atom. The lowest BCUT2D eigenvalue weighted by Crippen LogP contribution is -2.51. The number of carbonyl (C=O) groups excluding carboxylic acids is 1. The largest absolute Gasteiger partial charge is 0.444 e. The molecule has 2 aromatic rings. The van der Waals surface area contributed by atoms with Crippen LogP contribution in [0.3, 0.4) is 0 Å². The first-order valence-electron chi connectivity index (χ1n) is 12.6. The molecule has 1 fully saturated rings. The second-order valence-corrected chi connectivity index (χ2v) is 17.4. The highest BCUT2D eigenvalue weighted by atomic mass is 28.3. The molecule has 0 bridgehead atoms.